The third kappa shape index (κ3) is 5.25. The average molecular weight is 508 g/mol. The molecular weight excluding hydrogens is 474 g/mol. The predicted molar refractivity (Wildman–Crippen MR) is 137 cm³/mol. The first-order chi connectivity index (χ1) is 17.9. The van der Waals surface area contributed by atoms with E-state index in [4.69, 9.17) is 9.47 Å². The molecule has 5 rings (SSSR count). The molecule has 1 unspecified atom stereocenters. The number of likely N-dealkylation sites (tertiary alicyclic amines) is 1. The molecule has 1 saturated heterocycles. The van der Waals surface area contributed by atoms with E-state index in [-0.39, 0.29) is 31.2 Å². The average Bonchev–Trinajstić information content (AvgIpc) is 3.60. The fourth-order valence-electron chi connectivity index (χ4n) is 4.98. The lowest BCUT2D eigenvalue weighted by Crippen LogP contribution is -2.47. The number of hydrogen-bond donors (Lipinski definition) is 3. The molecule has 2 aliphatic heterocycles. The van der Waals surface area contributed by atoms with Crippen molar-refractivity contribution in [3.63, 3.8) is 0 Å². The van der Waals surface area contributed by atoms with Gasteiger partial charge in [-0.25, -0.2) is 9.98 Å². The lowest BCUT2D eigenvalue weighted by atomic mass is 9.89. The molecule has 11 heteroatoms. The van der Waals surface area contributed by atoms with Crippen molar-refractivity contribution in [2.45, 2.75) is 57.0 Å². The second-order valence-electron chi connectivity index (χ2n) is 10.2. The highest BCUT2D eigenvalue weighted by atomic mass is 16.5. The molecular formula is C26H33N7O4. The maximum absolute atomic E-state index is 12.9. The molecule has 2 aromatic rings. The number of rotatable bonds is 7. The second-order valence-corrected chi connectivity index (χ2v) is 10.2. The van der Waals surface area contributed by atoms with E-state index in [9.17, 15) is 15.2 Å². The van der Waals surface area contributed by atoms with Crippen LogP contribution in [0, 0.1) is 16.7 Å². The van der Waals surface area contributed by atoms with Crippen molar-refractivity contribution in [3.8, 4) is 11.8 Å². The number of H-pyrrole nitrogens is 1. The maximum Gasteiger partial charge on any atom is 0.314 e. The lowest BCUT2D eigenvalue weighted by Gasteiger charge is -2.36. The van der Waals surface area contributed by atoms with E-state index in [1.54, 1.807) is 20.2 Å². The first-order valence-corrected chi connectivity index (χ1v) is 12.8. The fourth-order valence-corrected chi connectivity index (χ4v) is 4.98. The number of aliphatic imine (C=N–C) groups is 2. The van der Waals surface area contributed by atoms with Crippen LogP contribution in [0.4, 0.5) is 0 Å². The summed E-state index contributed by atoms with van der Waals surface area (Å²) in [4.78, 5) is 31.9. The number of hydrogen-bond acceptors (Lipinski definition) is 9. The molecule has 3 N–H and O–H groups in total. The van der Waals surface area contributed by atoms with Crippen molar-refractivity contribution >= 4 is 28.8 Å². The number of aromatic nitrogens is 2. The third-order valence-electron chi connectivity index (χ3n) is 7.49. The van der Waals surface area contributed by atoms with Crippen molar-refractivity contribution in [2.24, 2.45) is 15.4 Å². The van der Waals surface area contributed by atoms with E-state index in [1.165, 1.54) is 5.56 Å². The van der Waals surface area contributed by atoms with Gasteiger partial charge in [-0.2, -0.15) is 10.3 Å². The number of aliphatic hydroxyl groups excluding tert-OH is 1. The monoisotopic (exact) mass is 507 g/mol. The summed E-state index contributed by atoms with van der Waals surface area (Å²) in [7, 11) is 1.67. The number of carbonyl (C=O) groups is 1. The number of piperidine rings is 1. The molecule has 11 nitrogen and oxygen atoms in total. The van der Waals surface area contributed by atoms with Gasteiger partial charge in [0.25, 0.3) is 0 Å². The molecule has 2 atom stereocenters. The minimum absolute atomic E-state index is 0.147. The van der Waals surface area contributed by atoms with Gasteiger partial charge in [-0.1, -0.05) is 0 Å². The van der Waals surface area contributed by atoms with Gasteiger partial charge in [-0.15, -0.1) is 0 Å². The van der Waals surface area contributed by atoms with Gasteiger partial charge >= 0.3 is 6.02 Å². The Kier molecular flexibility index (Phi) is 7.02. The van der Waals surface area contributed by atoms with E-state index in [0.717, 1.165) is 61.4 Å². The number of fused-ring (bicyclic) bond motifs is 1. The Morgan fingerprint density at radius 3 is 2.86 bits per heavy atom. The Morgan fingerprint density at radius 2 is 2.19 bits per heavy atom. The number of nitrogens with zero attached hydrogens (tertiary/aromatic N) is 5. The number of nitrogens with one attached hydrogen (secondary N) is 2. The van der Waals surface area contributed by atoms with E-state index >= 15 is 0 Å². The molecule has 0 aromatic carbocycles. The van der Waals surface area contributed by atoms with Crippen LogP contribution in [0.25, 0.3) is 11.0 Å². The van der Waals surface area contributed by atoms with Crippen LogP contribution in [0.1, 0.15) is 50.5 Å². The molecule has 37 heavy (non-hydrogen) atoms. The summed E-state index contributed by atoms with van der Waals surface area (Å²) < 4.78 is 11.4. The quantitative estimate of drug-likeness (QED) is 0.520. The van der Waals surface area contributed by atoms with Crippen LogP contribution >= 0.6 is 0 Å². The Bertz CT molecular complexity index is 1250. The predicted octanol–water partition coefficient (Wildman–Crippen LogP) is 2.10. The topological polar surface area (TPSA) is 148 Å². The minimum Gasteiger partial charge on any atom is -0.496 e. The van der Waals surface area contributed by atoms with Crippen molar-refractivity contribution in [1.29, 1.82) is 5.26 Å². The van der Waals surface area contributed by atoms with Crippen LogP contribution in [-0.2, 0) is 9.53 Å². The van der Waals surface area contributed by atoms with Gasteiger partial charge in [-0.05, 0) is 50.2 Å². The lowest BCUT2D eigenvalue weighted by molar-refractivity contribution is -0.123. The van der Waals surface area contributed by atoms with Gasteiger partial charge in [0.2, 0.25) is 5.91 Å². The second kappa shape index (κ2) is 10.4. The number of amides is 1. The summed E-state index contributed by atoms with van der Waals surface area (Å²) in [5.74, 6) is 1.65. The Morgan fingerprint density at radius 1 is 1.41 bits per heavy atom. The number of ether oxygens (including phenoxy) is 2. The Hall–Kier alpha value is -3.65. The van der Waals surface area contributed by atoms with Crippen LogP contribution < -0.4 is 10.1 Å². The highest BCUT2D eigenvalue weighted by Gasteiger charge is 2.45. The molecule has 0 spiro atoms. The zero-order chi connectivity index (χ0) is 26.0. The Balaban J connectivity index is 1.30. The number of aromatic amines is 1. The highest BCUT2D eigenvalue weighted by Crippen LogP contribution is 2.45. The molecule has 0 bridgehead atoms. The highest BCUT2D eigenvalue weighted by molar-refractivity contribution is 6.01. The molecule has 1 amide bonds. The SMILES string of the molecule is COc1ccnc2[nH]cc(C3CCN(C4=NC(OCC5(C#N)CC5)=NC(C(=O)N[C@H](C)CO)C4)CC3)c12. The van der Waals surface area contributed by atoms with E-state index in [2.05, 4.69) is 36.2 Å². The summed E-state index contributed by atoms with van der Waals surface area (Å²) in [6.45, 7) is 3.35. The molecule has 4 heterocycles. The molecule has 2 aromatic heterocycles. The zero-order valence-electron chi connectivity index (χ0n) is 21.2. The summed E-state index contributed by atoms with van der Waals surface area (Å²) in [6.07, 6.45) is 7.54. The smallest absolute Gasteiger partial charge is 0.314 e. The van der Waals surface area contributed by atoms with Crippen molar-refractivity contribution in [1.82, 2.24) is 20.2 Å². The van der Waals surface area contributed by atoms with E-state index in [0.29, 0.717) is 12.3 Å². The normalized spacial score (nSPS) is 22.0. The van der Waals surface area contributed by atoms with Crippen LogP contribution in [-0.4, -0.2) is 83.2 Å². The number of nitriles is 1. The van der Waals surface area contributed by atoms with Crippen LogP contribution in [0.2, 0.25) is 0 Å². The van der Waals surface area contributed by atoms with Crippen LogP contribution in [0.15, 0.2) is 28.4 Å². The largest absolute Gasteiger partial charge is 0.496 e. The summed E-state index contributed by atoms with van der Waals surface area (Å²) in [5.41, 5.74) is 1.56. The van der Waals surface area contributed by atoms with Crippen LogP contribution in [0.5, 0.6) is 5.75 Å². The van der Waals surface area contributed by atoms with E-state index < -0.39 is 11.5 Å². The van der Waals surface area contributed by atoms with Crippen molar-refractivity contribution < 1.29 is 19.4 Å². The zero-order valence-corrected chi connectivity index (χ0v) is 21.2. The molecule has 0 radical (unpaired) electrons. The van der Waals surface area contributed by atoms with Gasteiger partial charge < -0.3 is 29.8 Å². The number of aliphatic hydroxyl groups is 1. The third-order valence-corrected chi connectivity index (χ3v) is 7.49. The number of methoxy groups -OCH3 is 1. The summed E-state index contributed by atoms with van der Waals surface area (Å²) in [5, 5.41) is 22.6. The minimum atomic E-state index is -0.699. The summed E-state index contributed by atoms with van der Waals surface area (Å²) >= 11 is 0. The van der Waals surface area contributed by atoms with Crippen molar-refractivity contribution in [3.05, 3.63) is 24.0 Å². The molecule has 1 aliphatic carbocycles. The van der Waals surface area contributed by atoms with E-state index in [1.807, 2.05) is 12.3 Å². The van der Waals surface area contributed by atoms with Crippen molar-refractivity contribution in [2.75, 3.05) is 33.4 Å². The molecule has 3 aliphatic rings. The number of amidine groups is 2. The standard InChI is InChI=1S/C26H33N7O4/c1-16(13-34)30-24(35)19-11-21(32-25(31-19)37-15-26(14-27)6-7-26)33-9-4-17(5-10-33)18-12-29-23-22(18)20(36-2)3-8-28-23/h3,8,12,16-17,19,34H,4-7,9-11,13,15H2,1-2H3,(H,28,29)(H,30,35)/t16-,19?/m1/s1. The van der Waals surface area contributed by atoms with Gasteiger partial charge in [0, 0.05) is 37.9 Å². The summed E-state index contributed by atoms with van der Waals surface area (Å²) in [6, 6.07) is 3.27. The van der Waals surface area contributed by atoms with Gasteiger partial charge in [0.1, 0.15) is 29.9 Å². The number of pyridine rings is 1. The molecule has 196 valence electrons. The van der Waals surface area contributed by atoms with Crippen LogP contribution in [0.3, 0.4) is 0 Å². The molecule has 1 saturated carbocycles. The maximum atomic E-state index is 12.9. The van der Waals surface area contributed by atoms with Gasteiger partial charge in [-0.3, -0.25) is 4.79 Å². The first kappa shape index (κ1) is 25.0. The molecule has 2 fully saturated rings. The Labute approximate surface area is 215 Å². The van der Waals surface area contributed by atoms with Gasteiger partial charge in [0.05, 0.1) is 30.6 Å². The first-order valence-electron chi connectivity index (χ1n) is 12.8. The fraction of sp³-hybridized carbons (Fsp3) is 0.577. The van der Waals surface area contributed by atoms with Gasteiger partial charge in [0.15, 0.2) is 0 Å². The number of carbonyl (C=O) groups excluding carboxylic acids is 1.